The summed E-state index contributed by atoms with van der Waals surface area (Å²) in [6.07, 6.45) is 0. The number of carbonyl (C=O) groups is 2. The third-order valence-electron chi connectivity index (χ3n) is 4.55. The zero-order valence-electron chi connectivity index (χ0n) is 13.0. The van der Waals surface area contributed by atoms with Gasteiger partial charge in [-0.2, -0.15) is 4.31 Å². The minimum Gasteiger partial charge on any atom is -0.480 e. The lowest BCUT2D eigenvalue weighted by atomic mass is 10.1. The average molecular weight is 361 g/mol. The zero-order valence-corrected chi connectivity index (χ0v) is 13.8. The third-order valence-corrected chi connectivity index (χ3v) is 6.47. The summed E-state index contributed by atoms with van der Waals surface area (Å²) >= 11 is 0. The molecule has 2 aliphatic heterocycles. The Hall–Kier alpha value is -2.49. The maximum absolute atomic E-state index is 13.1. The molecule has 8 nitrogen and oxygen atoms in total. The molecule has 0 radical (unpaired) electrons. The molecule has 2 heterocycles. The van der Waals surface area contributed by atoms with Crippen LogP contribution >= 0.6 is 0 Å². The third kappa shape index (κ3) is 2.39. The van der Waals surface area contributed by atoms with E-state index in [2.05, 4.69) is 10.6 Å². The Morgan fingerprint density at radius 3 is 2.80 bits per heavy atom. The molecule has 9 heteroatoms. The Balaban J connectivity index is 1.83. The molecule has 0 aromatic heterocycles. The molecule has 0 spiro atoms. The highest BCUT2D eigenvalue weighted by molar-refractivity contribution is 7.89. The summed E-state index contributed by atoms with van der Waals surface area (Å²) in [5.74, 6) is -1.35. The number of piperazine rings is 1. The summed E-state index contributed by atoms with van der Waals surface area (Å²) in [5, 5.41) is 15.7. The fraction of sp³-hybridized carbons (Fsp3) is 0.250. The van der Waals surface area contributed by atoms with Crippen LogP contribution in [0.5, 0.6) is 0 Å². The van der Waals surface area contributed by atoms with Crippen LogP contribution in [0.4, 0.5) is 5.69 Å². The van der Waals surface area contributed by atoms with E-state index < -0.39 is 22.0 Å². The molecule has 1 fully saturated rings. The van der Waals surface area contributed by atoms with Gasteiger partial charge in [0.05, 0.1) is 4.90 Å². The lowest BCUT2D eigenvalue weighted by Gasteiger charge is -2.31. The van der Waals surface area contributed by atoms with Gasteiger partial charge in [-0.1, -0.05) is 12.1 Å². The van der Waals surface area contributed by atoms with E-state index in [0.29, 0.717) is 22.0 Å². The number of hydrogen-bond acceptors (Lipinski definition) is 5. The molecular formula is C16H15N3O5S. The van der Waals surface area contributed by atoms with E-state index in [9.17, 15) is 18.0 Å². The fourth-order valence-electron chi connectivity index (χ4n) is 3.33. The average Bonchev–Trinajstić information content (AvgIpc) is 2.93. The van der Waals surface area contributed by atoms with E-state index in [1.54, 1.807) is 24.3 Å². The highest BCUT2D eigenvalue weighted by Crippen LogP contribution is 2.37. The molecule has 1 amide bonds. The van der Waals surface area contributed by atoms with Crippen molar-refractivity contribution in [3.8, 4) is 0 Å². The molecule has 1 saturated heterocycles. The maximum Gasteiger partial charge on any atom is 0.322 e. The monoisotopic (exact) mass is 361 g/mol. The van der Waals surface area contributed by atoms with Crippen molar-refractivity contribution in [2.45, 2.75) is 10.9 Å². The van der Waals surface area contributed by atoms with Crippen LogP contribution < -0.4 is 10.6 Å². The number of sulfonamides is 1. The topological polar surface area (TPSA) is 116 Å². The summed E-state index contributed by atoms with van der Waals surface area (Å²) in [6, 6.07) is 7.04. The number of hydrogen-bond donors (Lipinski definition) is 3. The molecule has 2 aromatic rings. The molecule has 0 saturated carbocycles. The van der Waals surface area contributed by atoms with Gasteiger partial charge >= 0.3 is 5.97 Å². The zero-order chi connectivity index (χ0) is 17.8. The Labute approximate surface area is 143 Å². The van der Waals surface area contributed by atoms with E-state index in [0.717, 1.165) is 0 Å². The lowest BCUT2D eigenvalue weighted by Crippen LogP contribution is -2.55. The Morgan fingerprint density at radius 2 is 2.04 bits per heavy atom. The van der Waals surface area contributed by atoms with E-state index in [-0.39, 0.29) is 30.4 Å². The normalized spacial score (nSPS) is 20.6. The van der Waals surface area contributed by atoms with Crippen LogP contribution in [0.1, 0.15) is 10.4 Å². The molecule has 2 aromatic carbocycles. The summed E-state index contributed by atoms with van der Waals surface area (Å²) in [7, 11) is -3.89. The van der Waals surface area contributed by atoms with Crippen LogP contribution in [0.3, 0.4) is 0 Å². The van der Waals surface area contributed by atoms with Gasteiger partial charge in [-0.15, -0.1) is 0 Å². The van der Waals surface area contributed by atoms with Crippen molar-refractivity contribution in [1.29, 1.82) is 0 Å². The van der Waals surface area contributed by atoms with E-state index in [4.69, 9.17) is 5.11 Å². The van der Waals surface area contributed by atoms with Gasteiger partial charge in [0.15, 0.2) is 0 Å². The lowest BCUT2D eigenvalue weighted by molar-refractivity contribution is -0.140. The van der Waals surface area contributed by atoms with E-state index in [1.165, 1.54) is 10.4 Å². The van der Waals surface area contributed by atoms with Crippen molar-refractivity contribution in [2.24, 2.45) is 0 Å². The Bertz CT molecular complexity index is 1020. The fourth-order valence-corrected chi connectivity index (χ4v) is 4.98. The molecule has 4 rings (SSSR count). The largest absolute Gasteiger partial charge is 0.480 e. The van der Waals surface area contributed by atoms with Crippen LogP contribution in [0.2, 0.25) is 0 Å². The Kier molecular flexibility index (Phi) is 3.53. The number of carbonyl (C=O) groups excluding carboxylic acids is 1. The van der Waals surface area contributed by atoms with Crippen molar-refractivity contribution < 1.29 is 23.1 Å². The first-order valence-corrected chi connectivity index (χ1v) is 9.17. The minimum atomic E-state index is -3.89. The van der Waals surface area contributed by atoms with Gasteiger partial charge in [0.1, 0.15) is 6.04 Å². The smallest absolute Gasteiger partial charge is 0.322 e. The summed E-state index contributed by atoms with van der Waals surface area (Å²) in [5.41, 5.74) is 1.02. The SMILES string of the molecule is O=C1Nc2ccc(S(=O)(=O)N3CCNC(C(=O)O)C3)c3cccc1c23. The second-order valence-corrected chi connectivity index (χ2v) is 7.91. The van der Waals surface area contributed by atoms with Crippen LogP contribution in [-0.4, -0.2) is 55.4 Å². The molecule has 3 N–H and O–H groups in total. The van der Waals surface area contributed by atoms with Crippen molar-refractivity contribution in [3.05, 3.63) is 35.9 Å². The molecule has 0 bridgehead atoms. The highest BCUT2D eigenvalue weighted by Gasteiger charge is 2.35. The number of anilines is 1. The number of amides is 1. The van der Waals surface area contributed by atoms with Crippen molar-refractivity contribution in [2.75, 3.05) is 25.0 Å². The molecular weight excluding hydrogens is 346 g/mol. The second-order valence-electron chi connectivity index (χ2n) is 6.00. The number of aliphatic carboxylic acids is 1. The predicted octanol–water partition coefficient (Wildman–Crippen LogP) is 0.453. The van der Waals surface area contributed by atoms with Crippen LogP contribution in [0.25, 0.3) is 10.8 Å². The van der Waals surface area contributed by atoms with Gasteiger partial charge in [-0.05, 0) is 18.2 Å². The van der Waals surface area contributed by atoms with Gasteiger partial charge in [-0.3, -0.25) is 9.59 Å². The number of carboxylic acids is 1. The standard InChI is InChI=1S/C16H15N3O5S/c20-15-10-3-1-2-9-13(5-4-11(18-15)14(9)10)25(23,24)19-7-6-17-12(8-19)16(21)22/h1-5,12,17H,6-8H2,(H,18,20)(H,21,22). The van der Waals surface area contributed by atoms with Crippen LogP contribution in [0.15, 0.2) is 35.2 Å². The first-order chi connectivity index (χ1) is 11.9. The highest BCUT2D eigenvalue weighted by atomic mass is 32.2. The van der Waals surface area contributed by atoms with Gasteiger partial charge < -0.3 is 15.7 Å². The molecule has 1 atom stereocenters. The van der Waals surface area contributed by atoms with Crippen molar-refractivity contribution in [1.82, 2.24) is 9.62 Å². The minimum absolute atomic E-state index is 0.0793. The molecule has 2 aliphatic rings. The van der Waals surface area contributed by atoms with E-state index >= 15 is 0 Å². The summed E-state index contributed by atoms with van der Waals surface area (Å²) in [4.78, 5) is 23.2. The van der Waals surface area contributed by atoms with Gasteiger partial charge in [-0.25, -0.2) is 8.42 Å². The quantitative estimate of drug-likeness (QED) is 0.731. The summed E-state index contributed by atoms with van der Waals surface area (Å²) < 4.78 is 27.4. The molecule has 25 heavy (non-hydrogen) atoms. The first kappa shape index (κ1) is 16.0. The maximum atomic E-state index is 13.1. The molecule has 130 valence electrons. The number of carboxylic acid groups (broad SMARTS) is 1. The van der Waals surface area contributed by atoms with Gasteiger partial charge in [0, 0.05) is 41.7 Å². The second kappa shape index (κ2) is 5.51. The predicted molar refractivity (Wildman–Crippen MR) is 90.1 cm³/mol. The van der Waals surface area contributed by atoms with Gasteiger partial charge in [0.25, 0.3) is 5.91 Å². The van der Waals surface area contributed by atoms with Crippen molar-refractivity contribution >= 4 is 38.4 Å². The number of rotatable bonds is 3. The van der Waals surface area contributed by atoms with E-state index in [1.807, 2.05) is 0 Å². The number of nitrogens with zero attached hydrogens (tertiary/aromatic N) is 1. The molecule has 1 unspecified atom stereocenters. The number of benzene rings is 2. The first-order valence-electron chi connectivity index (χ1n) is 7.73. The van der Waals surface area contributed by atoms with Crippen molar-refractivity contribution in [3.63, 3.8) is 0 Å². The van der Waals surface area contributed by atoms with Gasteiger partial charge in [0.2, 0.25) is 10.0 Å². The molecule has 0 aliphatic carbocycles. The summed E-state index contributed by atoms with van der Waals surface area (Å²) in [6.45, 7) is 0.307. The van der Waals surface area contributed by atoms with Crippen LogP contribution in [-0.2, 0) is 14.8 Å². The van der Waals surface area contributed by atoms with Crippen LogP contribution in [0, 0.1) is 0 Å². The number of nitrogens with one attached hydrogen (secondary N) is 2. The Morgan fingerprint density at radius 1 is 1.24 bits per heavy atom.